The van der Waals surface area contributed by atoms with Gasteiger partial charge in [0.25, 0.3) is 0 Å². The number of halogens is 1. The SMILES string of the molecule is Cc1cc(N)cc(Cl)c1Cc1ccc2ccccc2n1. The van der Waals surface area contributed by atoms with Crippen LogP contribution in [0.2, 0.25) is 5.02 Å². The Morgan fingerprint density at radius 3 is 2.70 bits per heavy atom. The average molecular weight is 283 g/mol. The van der Waals surface area contributed by atoms with Gasteiger partial charge in [-0.05, 0) is 42.3 Å². The molecule has 0 radical (unpaired) electrons. The van der Waals surface area contributed by atoms with E-state index >= 15 is 0 Å². The number of aromatic nitrogens is 1. The average Bonchev–Trinajstić information content (AvgIpc) is 2.42. The first kappa shape index (κ1) is 12.9. The van der Waals surface area contributed by atoms with E-state index in [-0.39, 0.29) is 0 Å². The summed E-state index contributed by atoms with van der Waals surface area (Å²) in [5.41, 5.74) is 10.7. The lowest BCUT2D eigenvalue weighted by Crippen LogP contribution is -1.98. The van der Waals surface area contributed by atoms with Gasteiger partial charge in [0.2, 0.25) is 0 Å². The predicted octanol–water partition coefficient (Wildman–Crippen LogP) is 4.37. The van der Waals surface area contributed by atoms with E-state index < -0.39 is 0 Å². The van der Waals surface area contributed by atoms with Crippen LogP contribution >= 0.6 is 11.6 Å². The Labute approximate surface area is 123 Å². The molecule has 0 saturated carbocycles. The maximum Gasteiger partial charge on any atom is 0.0705 e. The zero-order valence-corrected chi connectivity index (χ0v) is 12.0. The van der Waals surface area contributed by atoms with Crippen LogP contribution in [0, 0.1) is 6.92 Å². The van der Waals surface area contributed by atoms with Crippen molar-refractivity contribution in [2.45, 2.75) is 13.3 Å². The Balaban J connectivity index is 2.01. The smallest absolute Gasteiger partial charge is 0.0705 e. The summed E-state index contributed by atoms with van der Waals surface area (Å²) in [4.78, 5) is 4.69. The zero-order chi connectivity index (χ0) is 14.1. The van der Waals surface area contributed by atoms with E-state index in [1.165, 1.54) is 0 Å². The third-order valence-electron chi connectivity index (χ3n) is 3.45. The normalized spacial score (nSPS) is 10.9. The molecule has 2 aromatic carbocycles. The van der Waals surface area contributed by atoms with Crippen molar-refractivity contribution >= 4 is 28.2 Å². The van der Waals surface area contributed by atoms with Gasteiger partial charge in [-0.25, -0.2) is 0 Å². The summed E-state index contributed by atoms with van der Waals surface area (Å²) in [6.45, 7) is 2.03. The molecule has 0 unspecified atom stereocenters. The molecular weight excluding hydrogens is 268 g/mol. The minimum Gasteiger partial charge on any atom is -0.399 e. The van der Waals surface area contributed by atoms with E-state index in [4.69, 9.17) is 17.3 Å². The minimum absolute atomic E-state index is 0.697. The molecule has 3 aromatic rings. The van der Waals surface area contributed by atoms with Crippen molar-refractivity contribution in [2.75, 3.05) is 5.73 Å². The van der Waals surface area contributed by atoms with Crippen molar-refractivity contribution in [1.82, 2.24) is 4.98 Å². The Kier molecular flexibility index (Phi) is 3.33. The molecule has 2 nitrogen and oxygen atoms in total. The molecule has 0 atom stereocenters. The van der Waals surface area contributed by atoms with Crippen molar-refractivity contribution in [3.63, 3.8) is 0 Å². The highest BCUT2D eigenvalue weighted by Gasteiger charge is 2.08. The fourth-order valence-corrected chi connectivity index (χ4v) is 2.75. The lowest BCUT2D eigenvalue weighted by molar-refractivity contribution is 1.08. The standard InChI is InChI=1S/C17H15ClN2/c1-11-8-13(19)9-16(18)15(11)10-14-7-6-12-4-2-3-5-17(12)20-14/h2-9H,10,19H2,1H3. The molecule has 3 heteroatoms. The number of nitrogens with two attached hydrogens (primary N) is 1. The van der Waals surface area contributed by atoms with Crippen LogP contribution in [0.25, 0.3) is 10.9 Å². The van der Waals surface area contributed by atoms with E-state index in [0.717, 1.165) is 34.1 Å². The van der Waals surface area contributed by atoms with Gasteiger partial charge >= 0.3 is 0 Å². The summed E-state index contributed by atoms with van der Waals surface area (Å²) in [5.74, 6) is 0. The van der Waals surface area contributed by atoms with Crippen molar-refractivity contribution < 1.29 is 0 Å². The van der Waals surface area contributed by atoms with Crippen LogP contribution < -0.4 is 5.73 Å². The fourth-order valence-electron chi connectivity index (χ4n) is 2.41. The first-order valence-electron chi connectivity index (χ1n) is 6.52. The molecule has 1 aromatic heterocycles. The van der Waals surface area contributed by atoms with E-state index in [1.807, 2.05) is 31.2 Å². The van der Waals surface area contributed by atoms with Gasteiger partial charge in [-0.15, -0.1) is 0 Å². The third kappa shape index (κ3) is 2.47. The number of nitrogens with zero attached hydrogens (tertiary/aromatic N) is 1. The summed E-state index contributed by atoms with van der Waals surface area (Å²) in [6.07, 6.45) is 0.718. The molecule has 100 valence electrons. The summed E-state index contributed by atoms with van der Waals surface area (Å²) in [5, 5.41) is 1.86. The van der Waals surface area contributed by atoms with Gasteiger partial charge in [0.05, 0.1) is 5.52 Å². The molecular formula is C17H15ClN2. The van der Waals surface area contributed by atoms with Crippen molar-refractivity contribution in [1.29, 1.82) is 0 Å². The molecule has 0 amide bonds. The second-order valence-electron chi connectivity index (χ2n) is 4.97. The molecule has 0 fully saturated rings. The number of hydrogen-bond donors (Lipinski definition) is 1. The van der Waals surface area contributed by atoms with Gasteiger partial charge in [0.1, 0.15) is 0 Å². The van der Waals surface area contributed by atoms with Crippen LogP contribution in [-0.4, -0.2) is 4.98 Å². The number of hydrogen-bond acceptors (Lipinski definition) is 2. The van der Waals surface area contributed by atoms with Gasteiger partial charge in [-0.3, -0.25) is 4.98 Å². The lowest BCUT2D eigenvalue weighted by Gasteiger charge is -2.10. The van der Waals surface area contributed by atoms with Gasteiger partial charge in [-0.1, -0.05) is 35.9 Å². The Hall–Kier alpha value is -2.06. The third-order valence-corrected chi connectivity index (χ3v) is 3.79. The summed E-state index contributed by atoms with van der Waals surface area (Å²) < 4.78 is 0. The Morgan fingerprint density at radius 1 is 1.10 bits per heavy atom. The van der Waals surface area contributed by atoms with Gasteiger partial charge in [0, 0.05) is 28.2 Å². The molecule has 20 heavy (non-hydrogen) atoms. The van der Waals surface area contributed by atoms with E-state index in [0.29, 0.717) is 10.7 Å². The number of pyridine rings is 1. The number of benzene rings is 2. The topological polar surface area (TPSA) is 38.9 Å². The van der Waals surface area contributed by atoms with Crippen LogP contribution in [0.15, 0.2) is 48.5 Å². The molecule has 0 aliphatic heterocycles. The van der Waals surface area contributed by atoms with Crippen molar-refractivity contribution in [2.24, 2.45) is 0 Å². The van der Waals surface area contributed by atoms with Crippen LogP contribution in [-0.2, 0) is 6.42 Å². The number of aryl methyl sites for hydroxylation is 1. The Morgan fingerprint density at radius 2 is 1.90 bits per heavy atom. The number of fused-ring (bicyclic) bond motifs is 1. The molecule has 0 aliphatic rings. The van der Waals surface area contributed by atoms with E-state index in [9.17, 15) is 0 Å². The fraction of sp³-hybridized carbons (Fsp3) is 0.118. The van der Waals surface area contributed by atoms with Gasteiger partial charge < -0.3 is 5.73 Å². The van der Waals surface area contributed by atoms with Crippen LogP contribution in [0.5, 0.6) is 0 Å². The van der Waals surface area contributed by atoms with E-state index in [2.05, 4.69) is 23.2 Å². The molecule has 0 aliphatic carbocycles. The maximum atomic E-state index is 6.30. The monoisotopic (exact) mass is 282 g/mol. The minimum atomic E-state index is 0.697. The zero-order valence-electron chi connectivity index (χ0n) is 11.2. The maximum absolute atomic E-state index is 6.30. The van der Waals surface area contributed by atoms with Crippen molar-refractivity contribution in [3.05, 3.63) is 70.4 Å². The first-order valence-corrected chi connectivity index (χ1v) is 6.90. The molecule has 0 spiro atoms. The largest absolute Gasteiger partial charge is 0.399 e. The molecule has 2 N–H and O–H groups in total. The number of anilines is 1. The Bertz CT molecular complexity index is 758. The highest BCUT2D eigenvalue weighted by molar-refractivity contribution is 6.31. The molecule has 0 saturated heterocycles. The quantitative estimate of drug-likeness (QED) is 0.709. The molecule has 1 heterocycles. The van der Waals surface area contributed by atoms with Gasteiger partial charge in [-0.2, -0.15) is 0 Å². The molecule has 3 rings (SSSR count). The van der Waals surface area contributed by atoms with Crippen LogP contribution in [0.1, 0.15) is 16.8 Å². The number of rotatable bonds is 2. The first-order chi connectivity index (χ1) is 9.63. The molecule has 0 bridgehead atoms. The van der Waals surface area contributed by atoms with Crippen LogP contribution in [0.3, 0.4) is 0 Å². The highest BCUT2D eigenvalue weighted by Crippen LogP contribution is 2.26. The second kappa shape index (κ2) is 5.14. The summed E-state index contributed by atoms with van der Waals surface area (Å²) in [6, 6.07) is 16.0. The van der Waals surface area contributed by atoms with Crippen molar-refractivity contribution in [3.8, 4) is 0 Å². The highest BCUT2D eigenvalue weighted by atomic mass is 35.5. The second-order valence-corrected chi connectivity index (χ2v) is 5.38. The lowest BCUT2D eigenvalue weighted by atomic mass is 10.0. The van der Waals surface area contributed by atoms with Crippen LogP contribution in [0.4, 0.5) is 5.69 Å². The predicted molar refractivity (Wildman–Crippen MR) is 85.2 cm³/mol. The summed E-state index contributed by atoms with van der Waals surface area (Å²) in [7, 11) is 0. The number of para-hydroxylation sites is 1. The van der Waals surface area contributed by atoms with E-state index in [1.54, 1.807) is 6.07 Å². The summed E-state index contributed by atoms with van der Waals surface area (Å²) >= 11 is 6.30. The number of nitrogen functional groups attached to an aromatic ring is 1. The van der Waals surface area contributed by atoms with Gasteiger partial charge in [0.15, 0.2) is 0 Å².